The molecule has 1 aromatic carbocycles. The molecule has 1 aromatic heterocycles. The maximum Gasteiger partial charge on any atom is 0.307 e. The van der Waals surface area contributed by atoms with Crippen LogP contribution in [0.1, 0.15) is 36.6 Å². The van der Waals surface area contributed by atoms with E-state index in [1.807, 2.05) is 19.1 Å². The zero-order chi connectivity index (χ0) is 20.0. The summed E-state index contributed by atoms with van der Waals surface area (Å²) in [6.45, 7) is 6.30. The summed E-state index contributed by atoms with van der Waals surface area (Å²) in [6.07, 6.45) is 4.68. The van der Waals surface area contributed by atoms with Gasteiger partial charge in [0.1, 0.15) is 0 Å². The van der Waals surface area contributed by atoms with E-state index in [0.717, 1.165) is 22.6 Å². The highest BCUT2D eigenvalue weighted by Crippen LogP contribution is 2.48. The first-order valence-corrected chi connectivity index (χ1v) is 10.5. The number of benzene rings is 1. The van der Waals surface area contributed by atoms with E-state index in [1.165, 1.54) is 16.9 Å². The molecule has 1 saturated carbocycles. The third-order valence-electron chi connectivity index (χ3n) is 5.92. The van der Waals surface area contributed by atoms with Gasteiger partial charge >= 0.3 is 5.97 Å². The Hall–Kier alpha value is -2.47. The third kappa shape index (κ3) is 3.26. The van der Waals surface area contributed by atoms with E-state index in [-0.39, 0.29) is 17.7 Å². The molecular formula is C22H24N2O3S. The van der Waals surface area contributed by atoms with E-state index >= 15 is 0 Å². The number of allylic oxidation sites excluding steroid dienone is 2. The summed E-state index contributed by atoms with van der Waals surface area (Å²) >= 11 is 1.43. The Kier molecular flexibility index (Phi) is 4.83. The lowest BCUT2D eigenvalue weighted by Crippen LogP contribution is -2.36. The van der Waals surface area contributed by atoms with Crippen molar-refractivity contribution in [2.45, 2.75) is 33.1 Å². The zero-order valence-electron chi connectivity index (χ0n) is 16.2. The first-order chi connectivity index (χ1) is 13.3. The third-order valence-corrected chi connectivity index (χ3v) is 6.81. The number of carboxylic acid groups (broad SMARTS) is 1. The molecule has 5 nitrogen and oxygen atoms in total. The van der Waals surface area contributed by atoms with Crippen molar-refractivity contribution >= 4 is 28.3 Å². The van der Waals surface area contributed by atoms with E-state index in [2.05, 4.69) is 48.4 Å². The number of aliphatic carboxylic acids is 1. The maximum absolute atomic E-state index is 12.9. The molecule has 1 amide bonds. The molecule has 6 heteroatoms. The fourth-order valence-electron chi connectivity index (χ4n) is 4.45. The molecule has 146 valence electrons. The number of fused-ring (bicyclic) bond motifs is 2. The van der Waals surface area contributed by atoms with Crippen molar-refractivity contribution in [1.82, 2.24) is 4.98 Å². The number of aryl methyl sites for hydroxylation is 1. The molecule has 28 heavy (non-hydrogen) atoms. The lowest BCUT2D eigenvalue weighted by molar-refractivity contribution is -0.146. The molecule has 1 heterocycles. The average molecular weight is 397 g/mol. The molecule has 0 aliphatic heterocycles. The van der Waals surface area contributed by atoms with Gasteiger partial charge in [0.05, 0.1) is 17.5 Å². The highest BCUT2D eigenvalue weighted by Gasteiger charge is 2.51. The number of hydrogen-bond donors (Lipinski definition) is 2. The van der Waals surface area contributed by atoms with Crippen LogP contribution in [-0.4, -0.2) is 22.0 Å². The topological polar surface area (TPSA) is 79.3 Å². The fourth-order valence-corrected chi connectivity index (χ4v) is 5.29. The standard InChI is InChI=1S/C22H24N2O3S/c1-11(2)13-4-6-14(7-5-13)19-12(3)28-22(23-19)24-20(25)17-15-8-9-16(10-15)18(17)21(26)27/h4-9,11,15-18H,10H2,1-3H3,(H,26,27)(H,23,24,25)/t15-,16-,17+,18-/m0/s1. The van der Waals surface area contributed by atoms with Crippen molar-refractivity contribution in [3.63, 3.8) is 0 Å². The van der Waals surface area contributed by atoms with Crippen LogP contribution in [0.2, 0.25) is 0 Å². The second-order valence-corrected chi connectivity index (χ2v) is 9.23. The van der Waals surface area contributed by atoms with Gasteiger partial charge in [-0.25, -0.2) is 4.98 Å². The van der Waals surface area contributed by atoms with Crippen LogP contribution < -0.4 is 5.32 Å². The van der Waals surface area contributed by atoms with Crippen molar-refractivity contribution in [2.24, 2.45) is 23.7 Å². The van der Waals surface area contributed by atoms with Gasteiger partial charge in [0, 0.05) is 10.4 Å². The molecule has 0 radical (unpaired) electrons. The fraction of sp³-hybridized carbons (Fsp3) is 0.409. The maximum atomic E-state index is 12.9. The van der Waals surface area contributed by atoms with E-state index < -0.39 is 17.8 Å². The van der Waals surface area contributed by atoms with Crippen LogP contribution >= 0.6 is 11.3 Å². The summed E-state index contributed by atoms with van der Waals surface area (Å²) < 4.78 is 0. The van der Waals surface area contributed by atoms with Crippen LogP contribution in [0.15, 0.2) is 36.4 Å². The number of thiazole rings is 1. The first kappa shape index (κ1) is 18.9. The van der Waals surface area contributed by atoms with Crippen molar-refractivity contribution < 1.29 is 14.7 Å². The summed E-state index contributed by atoms with van der Waals surface area (Å²) in [6, 6.07) is 8.33. The van der Waals surface area contributed by atoms with Crippen LogP contribution in [0.3, 0.4) is 0 Å². The number of nitrogens with zero attached hydrogens (tertiary/aromatic N) is 1. The Bertz CT molecular complexity index is 945. The van der Waals surface area contributed by atoms with Gasteiger partial charge in [-0.05, 0) is 36.7 Å². The molecule has 0 spiro atoms. The molecule has 2 aromatic rings. The second-order valence-electron chi connectivity index (χ2n) is 8.03. The number of carbonyl (C=O) groups excluding carboxylic acids is 1. The lowest BCUT2D eigenvalue weighted by atomic mass is 9.82. The van der Waals surface area contributed by atoms with Gasteiger partial charge in [0.15, 0.2) is 5.13 Å². The number of rotatable bonds is 5. The van der Waals surface area contributed by atoms with Crippen molar-refractivity contribution in [3.05, 3.63) is 46.9 Å². The van der Waals surface area contributed by atoms with E-state index in [4.69, 9.17) is 0 Å². The molecule has 2 bridgehead atoms. The number of nitrogens with one attached hydrogen (secondary N) is 1. The van der Waals surface area contributed by atoms with Crippen molar-refractivity contribution in [2.75, 3.05) is 5.32 Å². The van der Waals surface area contributed by atoms with Crippen molar-refractivity contribution in [3.8, 4) is 11.3 Å². The summed E-state index contributed by atoms with van der Waals surface area (Å²) in [4.78, 5) is 30.1. The predicted molar refractivity (Wildman–Crippen MR) is 110 cm³/mol. The van der Waals surface area contributed by atoms with Crippen LogP contribution in [0.4, 0.5) is 5.13 Å². The lowest BCUT2D eigenvalue weighted by Gasteiger charge is -2.23. The number of amides is 1. The summed E-state index contributed by atoms with van der Waals surface area (Å²) in [7, 11) is 0. The van der Waals surface area contributed by atoms with Crippen LogP contribution in [0.25, 0.3) is 11.3 Å². The Morgan fingerprint density at radius 1 is 1.14 bits per heavy atom. The second kappa shape index (κ2) is 7.17. The predicted octanol–water partition coefficient (Wildman–Crippen LogP) is 4.70. The van der Waals surface area contributed by atoms with Crippen LogP contribution in [0, 0.1) is 30.6 Å². The Labute approximate surface area is 168 Å². The molecule has 4 rings (SSSR count). The highest BCUT2D eigenvalue weighted by atomic mass is 32.1. The number of carboxylic acids is 1. The monoisotopic (exact) mass is 396 g/mol. The van der Waals surface area contributed by atoms with Gasteiger partial charge < -0.3 is 10.4 Å². The molecule has 4 atom stereocenters. The molecule has 2 aliphatic rings. The van der Waals surface area contributed by atoms with Gasteiger partial charge in [-0.3, -0.25) is 9.59 Å². The van der Waals surface area contributed by atoms with Gasteiger partial charge in [0.2, 0.25) is 5.91 Å². The molecule has 0 saturated heterocycles. The molecule has 1 fully saturated rings. The number of anilines is 1. The van der Waals surface area contributed by atoms with Crippen molar-refractivity contribution in [1.29, 1.82) is 0 Å². The van der Waals surface area contributed by atoms with E-state index in [9.17, 15) is 14.7 Å². The number of aromatic nitrogens is 1. The summed E-state index contributed by atoms with van der Waals surface area (Å²) in [5.41, 5.74) is 3.15. The minimum absolute atomic E-state index is 0.00945. The highest BCUT2D eigenvalue weighted by molar-refractivity contribution is 7.16. The summed E-state index contributed by atoms with van der Waals surface area (Å²) in [5.74, 6) is -1.84. The normalized spacial score (nSPS) is 25.4. The largest absolute Gasteiger partial charge is 0.481 e. The Morgan fingerprint density at radius 3 is 2.39 bits per heavy atom. The smallest absolute Gasteiger partial charge is 0.307 e. The number of carbonyl (C=O) groups is 2. The Morgan fingerprint density at radius 2 is 1.79 bits per heavy atom. The molecule has 2 N–H and O–H groups in total. The van der Waals surface area contributed by atoms with E-state index in [0.29, 0.717) is 11.0 Å². The molecule has 2 aliphatic carbocycles. The van der Waals surface area contributed by atoms with Gasteiger partial charge in [-0.2, -0.15) is 0 Å². The minimum Gasteiger partial charge on any atom is -0.481 e. The van der Waals surface area contributed by atoms with Gasteiger partial charge in [0.25, 0.3) is 0 Å². The molecular weight excluding hydrogens is 372 g/mol. The SMILES string of the molecule is Cc1sc(NC(=O)[C@H]2[C@@H](C(=O)O)[C@H]3C=C[C@H]2C3)nc1-c1ccc(C(C)C)cc1. The van der Waals surface area contributed by atoms with Crippen LogP contribution in [-0.2, 0) is 9.59 Å². The Balaban J connectivity index is 1.53. The first-order valence-electron chi connectivity index (χ1n) is 9.65. The van der Waals surface area contributed by atoms with Gasteiger partial charge in [-0.15, -0.1) is 11.3 Å². The van der Waals surface area contributed by atoms with E-state index in [1.54, 1.807) is 0 Å². The van der Waals surface area contributed by atoms with Crippen LogP contribution in [0.5, 0.6) is 0 Å². The molecule has 0 unspecified atom stereocenters. The quantitative estimate of drug-likeness (QED) is 0.718. The summed E-state index contributed by atoms with van der Waals surface area (Å²) in [5, 5.41) is 13.0. The number of hydrogen-bond acceptors (Lipinski definition) is 4. The zero-order valence-corrected chi connectivity index (χ0v) is 17.0. The average Bonchev–Trinajstić information content (AvgIpc) is 3.35. The minimum atomic E-state index is -0.891. The van der Waals surface area contributed by atoms with Gasteiger partial charge in [-0.1, -0.05) is 50.3 Å².